The van der Waals surface area contributed by atoms with E-state index in [-0.39, 0.29) is 0 Å². The van der Waals surface area contributed by atoms with Crippen LogP contribution in [0.5, 0.6) is 0 Å². The van der Waals surface area contributed by atoms with E-state index in [9.17, 15) is 0 Å². The number of pyridine rings is 1. The first-order valence-corrected chi connectivity index (χ1v) is 5.97. The highest BCUT2D eigenvalue weighted by molar-refractivity contribution is 5.25. The highest BCUT2D eigenvalue weighted by Gasteiger charge is 2.11. The third kappa shape index (κ3) is 3.46. The van der Waals surface area contributed by atoms with Crippen LogP contribution in [0.1, 0.15) is 42.8 Å². The maximum absolute atomic E-state index is 4.51. The molecule has 0 aliphatic rings. The monoisotopic (exact) mass is 218 g/mol. The molecule has 0 aliphatic heterocycles. The summed E-state index contributed by atoms with van der Waals surface area (Å²) in [5.74, 6) is 0. The van der Waals surface area contributed by atoms with E-state index in [0.717, 1.165) is 30.8 Å². The Bertz CT molecular complexity index is 345. The standard InChI is InChI=1S/C14H22N2/c1-5-7-14(15-10-6-2)13-9-8-11(3)16-12(13)4/h5,8-9,14-15H,1,6-7,10H2,2-4H3. The summed E-state index contributed by atoms with van der Waals surface area (Å²) in [6, 6.07) is 4.60. The van der Waals surface area contributed by atoms with Crippen LogP contribution in [0.25, 0.3) is 0 Å². The molecule has 0 fully saturated rings. The van der Waals surface area contributed by atoms with Crippen LogP contribution >= 0.6 is 0 Å². The van der Waals surface area contributed by atoms with E-state index >= 15 is 0 Å². The fourth-order valence-corrected chi connectivity index (χ4v) is 1.87. The van der Waals surface area contributed by atoms with Crippen LogP contribution in [0, 0.1) is 13.8 Å². The van der Waals surface area contributed by atoms with E-state index in [1.165, 1.54) is 5.56 Å². The molecule has 0 amide bonds. The van der Waals surface area contributed by atoms with Crippen molar-refractivity contribution in [2.75, 3.05) is 6.54 Å². The SMILES string of the molecule is C=CCC(NCCC)c1ccc(C)nc1C. The van der Waals surface area contributed by atoms with Crippen LogP contribution < -0.4 is 5.32 Å². The molecular weight excluding hydrogens is 196 g/mol. The number of hydrogen-bond donors (Lipinski definition) is 1. The van der Waals surface area contributed by atoms with Crippen LogP contribution in [0.2, 0.25) is 0 Å². The first-order chi connectivity index (χ1) is 7.69. The van der Waals surface area contributed by atoms with Gasteiger partial charge in [0.15, 0.2) is 0 Å². The van der Waals surface area contributed by atoms with Crippen LogP contribution in [0.3, 0.4) is 0 Å². The van der Waals surface area contributed by atoms with Gasteiger partial charge in [-0.3, -0.25) is 4.98 Å². The van der Waals surface area contributed by atoms with Gasteiger partial charge in [0.1, 0.15) is 0 Å². The summed E-state index contributed by atoms with van der Waals surface area (Å²) < 4.78 is 0. The Morgan fingerprint density at radius 2 is 2.19 bits per heavy atom. The highest BCUT2D eigenvalue weighted by Crippen LogP contribution is 2.20. The van der Waals surface area contributed by atoms with Gasteiger partial charge in [0.25, 0.3) is 0 Å². The van der Waals surface area contributed by atoms with Gasteiger partial charge < -0.3 is 5.32 Å². The summed E-state index contributed by atoms with van der Waals surface area (Å²) in [5, 5.41) is 3.54. The van der Waals surface area contributed by atoms with Crippen molar-refractivity contribution in [2.24, 2.45) is 0 Å². The minimum atomic E-state index is 0.352. The van der Waals surface area contributed by atoms with Crippen molar-refractivity contribution in [3.05, 3.63) is 41.7 Å². The molecule has 1 aromatic heterocycles. The van der Waals surface area contributed by atoms with Crippen molar-refractivity contribution < 1.29 is 0 Å². The maximum atomic E-state index is 4.51. The third-order valence-electron chi connectivity index (χ3n) is 2.68. The van der Waals surface area contributed by atoms with Crippen molar-refractivity contribution in [3.63, 3.8) is 0 Å². The number of aromatic nitrogens is 1. The number of nitrogens with one attached hydrogen (secondary N) is 1. The molecule has 0 aromatic carbocycles. The summed E-state index contributed by atoms with van der Waals surface area (Å²) in [6.45, 7) is 11.1. The van der Waals surface area contributed by atoms with Crippen molar-refractivity contribution in [1.82, 2.24) is 10.3 Å². The maximum Gasteiger partial charge on any atom is 0.0423 e. The molecule has 1 heterocycles. The molecule has 1 aromatic rings. The van der Waals surface area contributed by atoms with Gasteiger partial charge in [-0.1, -0.05) is 19.1 Å². The molecule has 0 spiro atoms. The van der Waals surface area contributed by atoms with E-state index in [1.54, 1.807) is 0 Å². The lowest BCUT2D eigenvalue weighted by atomic mass is 10.0. The largest absolute Gasteiger partial charge is 0.310 e. The summed E-state index contributed by atoms with van der Waals surface area (Å²) >= 11 is 0. The predicted octanol–water partition coefficient (Wildman–Crippen LogP) is 3.32. The minimum Gasteiger partial charge on any atom is -0.310 e. The topological polar surface area (TPSA) is 24.9 Å². The second-order valence-corrected chi connectivity index (χ2v) is 4.16. The van der Waals surface area contributed by atoms with Gasteiger partial charge in [0.2, 0.25) is 0 Å². The van der Waals surface area contributed by atoms with Gasteiger partial charge in [-0.25, -0.2) is 0 Å². The predicted molar refractivity (Wildman–Crippen MR) is 69.6 cm³/mol. The summed E-state index contributed by atoms with van der Waals surface area (Å²) in [7, 11) is 0. The number of hydrogen-bond acceptors (Lipinski definition) is 2. The Labute approximate surface area is 98.8 Å². The van der Waals surface area contributed by atoms with Crippen LogP contribution in [-0.4, -0.2) is 11.5 Å². The Morgan fingerprint density at radius 1 is 1.44 bits per heavy atom. The molecule has 0 radical (unpaired) electrons. The highest BCUT2D eigenvalue weighted by atomic mass is 14.9. The minimum absolute atomic E-state index is 0.352. The second kappa shape index (κ2) is 6.44. The van der Waals surface area contributed by atoms with Crippen LogP contribution in [0.15, 0.2) is 24.8 Å². The Balaban J connectivity index is 2.86. The van der Waals surface area contributed by atoms with Gasteiger partial charge in [0, 0.05) is 17.4 Å². The fraction of sp³-hybridized carbons (Fsp3) is 0.500. The molecule has 88 valence electrons. The van der Waals surface area contributed by atoms with Crippen LogP contribution in [-0.2, 0) is 0 Å². The van der Waals surface area contributed by atoms with Crippen molar-refractivity contribution in [3.8, 4) is 0 Å². The zero-order valence-electron chi connectivity index (χ0n) is 10.6. The number of rotatable bonds is 6. The van der Waals surface area contributed by atoms with Gasteiger partial charge >= 0.3 is 0 Å². The van der Waals surface area contributed by atoms with Gasteiger partial charge in [-0.15, -0.1) is 6.58 Å². The van der Waals surface area contributed by atoms with Crippen LogP contribution in [0.4, 0.5) is 0 Å². The molecule has 0 aliphatic carbocycles. The lowest BCUT2D eigenvalue weighted by Crippen LogP contribution is -2.22. The van der Waals surface area contributed by atoms with E-state index < -0.39 is 0 Å². The molecule has 0 saturated carbocycles. The van der Waals surface area contributed by atoms with E-state index in [2.05, 4.69) is 42.9 Å². The summed E-state index contributed by atoms with van der Waals surface area (Å²) in [5.41, 5.74) is 3.49. The molecule has 0 bridgehead atoms. The van der Waals surface area contributed by atoms with Crippen molar-refractivity contribution >= 4 is 0 Å². The smallest absolute Gasteiger partial charge is 0.0423 e. The molecule has 16 heavy (non-hydrogen) atoms. The van der Waals surface area contributed by atoms with Gasteiger partial charge in [-0.05, 0) is 44.9 Å². The molecule has 2 nitrogen and oxygen atoms in total. The summed E-state index contributed by atoms with van der Waals surface area (Å²) in [6.07, 6.45) is 4.06. The molecule has 0 saturated heterocycles. The van der Waals surface area contributed by atoms with Gasteiger partial charge in [-0.2, -0.15) is 0 Å². The second-order valence-electron chi connectivity index (χ2n) is 4.16. The van der Waals surface area contributed by atoms with Crippen molar-refractivity contribution in [2.45, 2.75) is 39.7 Å². The van der Waals surface area contributed by atoms with Crippen molar-refractivity contribution in [1.29, 1.82) is 0 Å². The number of nitrogens with zero attached hydrogens (tertiary/aromatic N) is 1. The lowest BCUT2D eigenvalue weighted by molar-refractivity contribution is 0.533. The van der Waals surface area contributed by atoms with E-state index in [0.29, 0.717) is 6.04 Å². The third-order valence-corrected chi connectivity index (χ3v) is 2.68. The normalized spacial score (nSPS) is 12.4. The zero-order chi connectivity index (χ0) is 12.0. The Morgan fingerprint density at radius 3 is 2.75 bits per heavy atom. The molecular formula is C14H22N2. The van der Waals surface area contributed by atoms with Gasteiger partial charge in [0.05, 0.1) is 0 Å². The molecule has 1 rings (SSSR count). The lowest BCUT2D eigenvalue weighted by Gasteiger charge is -2.19. The first-order valence-electron chi connectivity index (χ1n) is 5.97. The zero-order valence-corrected chi connectivity index (χ0v) is 10.6. The summed E-state index contributed by atoms with van der Waals surface area (Å²) in [4.78, 5) is 4.51. The number of aryl methyl sites for hydroxylation is 2. The Hall–Kier alpha value is -1.15. The molecule has 1 unspecified atom stereocenters. The quantitative estimate of drug-likeness (QED) is 0.741. The molecule has 2 heteroatoms. The fourth-order valence-electron chi connectivity index (χ4n) is 1.87. The average Bonchev–Trinajstić information content (AvgIpc) is 2.25. The molecule has 1 N–H and O–H groups in total. The van der Waals surface area contributed by atoms with E-state index in [1.807, 2.05) is 13.0 Å². The Kier molecular flexibility index (Phi) is 5.20. The van der Waals surface area contributed by atoms with E-state index in [4.69, 9.17) is 0 Å². The first kappa shape index (κ1) is 12.9. The molecule has 1 atom stereocenters. The average molecular weight is 218 g/mol.